The molecule has 8 heteroatoms. The van der Waals surface area contributed by atoms with Gasteiger partial charge >= 0.3 is 0 Å². The van der Waals surface area contributed by atoms with Gasteiger partial charge in [0.05, 0.1) is 10.8 Å². The molecule has 25 heavy (non-hydrogen) atoms. The summed E-state index contributed by atoms with van der Waals surface area (Å²) in [5, 5.41) is 3.70. The van der Waals surface area contributed by atoms with Crippen LogP contribution >= 0.6 is 11.8 Å². The normalized spacial score (nSPS) is 19.8. The molecule has 3 rings (SSSR count). The third-order valence-electron chi connectivity index (χ3n) is 4.73. The topological polar surface area (TPSA) is 79.4 Å². The van der Waals surface area contributed by atoms with Gasteiger partial charge in [0.15, 0.2) is 0 Å². The second-order valence-electron chi connectivity index (χ2n) is 6.63. The van der Waals surface area contributed by atoms with Crippen LogP contribution < -0.4 is 5.32 Å². The predicted octanol–water partition coefficient (Wildman–Crippen LogP) is 2.41. The summed E-state index contributed by atoms with van der Waals surface area (Å²) in [7, 11) is -3.44. The molecule has 1 aromatic heterocycles. The molecular formula is C17H25N3O3S2. The van der Waals surface area contributed by atoms with E-state index in [0.29, 0.717) is 29.9 Å². The second-order valence-corrected chi connectivity index (χ2v) is 9.57. The van der Waals surface area contributed by atoms with Crippen molar-refractivity contribution >= 4 is 27.7 Å². The van der Waals surface area contributed by atoms with Gasteiger partial charge in [-0.05, 0) is 37.8 Å². The van der Waals surface area contributed by atoms with Gasteiger partial charge in [0.1, 0.15) is 4.90 Å². The van der Waals surface area contributed by atoms with E-state index in [4.69, 9.17) is 0 Å². The zero-order valence-electron chi connectivity index (χ0n) is 14.3. The first-order valence-corrected chi connectivity index (χ1v) is 11.4. The fraction of sp³-hybridized carbons (Fsp3) is 0.647. The summed E-state index contributed by atoms with van der Waals surface area (Å²) in [4.78, 5) is 16.4. The van der Waals surface area contributed by atoms with Crippen LogP contribution in [-0.2, 0) is 14.8 Å². The number of aromatic nitrogens is 1. The molecule has 138 valence electrons. The molecule has 2 fully saturated rings. The molecule has 1 amide bonds. The van der Waals surface area contributed by atoms with E-state index in [9.17, 15) is 13.2 Å². The number of rotatable bonds is 6. The number of hydrogen-bond donors (Lipinski definition) is 1. The van der Waals surface area contributed by atoms with E-state index in [2.05, 4.69) is 10.3 Å². The molecule has 2 heterocycles. The third-order valence-corrected chi connectivity index (χ3v) is 7.56. The first-order valence-electron chi connectivity index (χ1n) is 8.94. The highest BCUT2D eigenvalue weighted by Gasteiger charge is 2.26. The van der Waals surface area contributed by atoms with Crippen molar-refractivity contribution in [2.45, 2.75) is 60.9 Å². The number of piperidine rings is 1. The van der Waals surface area contributed by atoms with Crippen LogP contribution in [0.2, 0.25) is 0 Å². The van der Waals surface area contributed by atoms with E-state index < -0.39 is 10.0 Å². The van der Waals surface area contributed by atoms with Crippen LogP contribution in [0.1, 0.15) is 44.9 Å². The Labute approximate surface area is 153 Å². The summed E-state index contributed by atoms with van der Waals surface area (Å²) in [5.41, 5.74) is 0. The Morgan fingerprint density at radius 1 is 1.16 bits per heavy atom. The van der Waals surface area contributed by atoms with Gasteiger partial charge in [0.25, 0.3) is 0 Å². The van der Waals surface area contributed by atoms with Gasteiger partial charge in [-0.2, -0.15) is 4.31 Å². The molecule has 2 aliphatic rings. The SMILES string of the molecule is O=C(CSc1ccc(S(=O)(=O)N2CCCCC2)cn1)NC1CCCC1. The first-order chi connectivity index (χ1) is 12.1. The second kappa shape index (κ2) is 8.51. The Morgan fingerprint density at radius 2 is 1.88 bits per heavy atom. The van der Waals surface area contributed by atoms with Crippen molar-refractivity contribution in [1.82, 2.24) is 14.6 Å². The average Bonchev–Trinajstić information content (AvgIpc) is 3.14. The summed E-state index contributed by atoms with van der Waals surface area (Å²) in [6, 6.07) is 3.59. The average molecular weight is 384 g/mol. The Balaban J connectivity index is 1.53. The predicted molar refractivity (Wildman–Crippen MR) is 98.0 cm³/mol. The van der Waals surface area contributed by atoms with Crippen molar-refractivity contribution in [3.63, 3.8) is 0 Å². The van der Waals surface area contributed by atoms with Crippen LogP contribution in [0.25, 0.3) is 0 Å². The molecule has 0 radical (unpaired) electrons. The summed E-state index contributed by atoms with van der Waals surface area (Å²) >= 11 is 1.34. The fourth-order valence-corrected chi connectivity index (χ4v) is 5.45. The lowest BCUT2D eigenvalue weighted by Crippen LogP contribution is -2.35. The van der Waals surface area contributed by atoms with Crippen LogP contribution in [0.3, 0.4) is 0 Å². The Morgan fingerprint density at radius 3 is 2.52 bits per heavy atom. The highest BCUT2D eigenvalue weighted by atomic mass is 32.2. The number of amides is 1. The van der Waals surface area contributed by atoms with E-state index in [-0.39, 0.29) is 10.8 Å². The van der Waals surface area contributed by atoms with Crippen molar-refractivity contribution in [1.29, 1.82) is 0 Å². The number of carbonyl (C=O) groups excluding carboxylic acids is 1. The highest BCUT2D eigenvalue weighted by molar-refractivity contribution is 7.99. The van der Waals surface area contributed by atoms with Gasteiger partial charge < -0.3 is 5.32 Å². The Kier molecular flexibility index (Phi) is 6.35. The number of carbonyl (C=O) groups is 1. The van der Waals surface area contributed by atoms with Gasteiger partial charge in [-0.15, -0.1) is 0 Å². The smallest absolute Gasteiger partial charge is 0.244 e. The number of hydrogen-bond acceptors (Lipinski definition) is 5. The molecule has 0 bridgehead atoms. The molecule has 1 aromatic rings. The molecule has 1 saturated heterocycles. The number of sulfonamides is 1. The highest BCUT2D eigenvalue weighted by Crippen LogP contribution is 2.23. The minimum Gasteiger partial charge on any atom is -0.353 e. The Hall–Kier alpha value is -1.12. The molecule has 0 unspecified atom stereocenters. The van der Waals surface area contributed by atoms with Crippen LogP contribution in [0.5, 0.6) is 0 Å². The number of nitrogens with zero attached hydrogens (tertiary/aromatic N) is 2. The summed E-state index contributed by atoms with van der Waals surface area (Å²) in [6.07, 6.45) is 8.83. The maximum absolute atomic E-state index is 12.6. The molecule has 1 N–H and O–H groups in total. The molecule has 0 spiro atoms. The molecule has 0 aromatic carbocycles. The van der Waals surface area contributed by atoms with Crippen molar-refractivity contribution in [3.05, 3.63) is 18.3 Å². The zero-order valence-corrected chi connectivity index (χ0v) is 15.9. The maximum atomic E-state index is 12.6. The van der Waals surface area contributed by atoms with E-state index >= 15 is 0 Å². The minimum absolute atomic E-state index is 0.0173. The lowest BCUT2D eigenvalue weighted by atomic mass is 10.2. The largest absolute Gasteiger partial charge is 0.353 e. The standard InChI is InChI=1S/C17H25N3O3S2/c21-16(19-14-6-2-3-7-14)13-24-17-9-8-15(12-18-17)25(22,23)20-10-4-1-5-11-20/h8-9,12,14H,1-7,10-11,13H2,(H,19,21). The van der Waals surface area contributed by atoms with Crippen LogP contribution in [0.4, 0.5) is 0 Å². The van der Waals surface area contributed by atoms with Crippen LogP contribution in [0.15, 0.2) is 28.3 Å². The lowest BCUT2D eigenvalue weighted by molar-refractivity contribution is -0.119. The van der Waals surface area contributed by atoms with Crippen molar-refractivity contribution in [2.75, 3.05) is 18.8 Å². The molecular weight excluding hydrogens is 358 g/mol. The molecule has 1 aliphatic carbocycles. The number of nitrogens with one attached hydrogen (secondary N) is 1. The van der Waals surface area contributed by atoms with Gasteiger partial charge in [0, 0.05) is 25.3 Å². The summed E-state index contributed by atoms with van der Waals surface area (Å²) in [5.74, 6) is 0.325. The third kappa shape index (κ3) is 4.95. The lowest BCUT2D eigenvalue weighted by Gasteiger charge is -2.25. The van der Waals surface area contributed by atoms with E-state index in [0.717, 1.165) is 32.1 Å². The monoisotopic (exact) mass is 383 g/mol. The van der Waals surface area contributed by atoms with Crippen molar-refractivity contribution in [3.8, 4) is 0 Å². The number of thioether (sulfide) groups is 1. The molecule has 1 saturated carbocycles. The zero-order chi connectivity index (χ0) is 17.7. The summed E-state index contributed by atoms with van der Waals surface area (Å²) in [6.45, 7) is 1.17. The van der Waals surface area contributed by atoms with E-state index in [1.807, 2.05) is 0 Å². The van der Waals surface area contributed by atoms with Gasteiger partial charge in [0.2, 0.25) is 15.9 Å². The van der Waals surface area contributed by atoms with Crippen LogP contribution in [-0.4, -0.2) is 48.5 Å². The maximum Gasteiger partial charge on any atom is 0.244 e. The number of pyridine rings is 1. The van der Waals surface area contributed by atoms with Gasteiger partial charge in [-0.3, -0.25) is 4.79 Å². The van der Waals surface area contributed by atoms with E-state index in [1.165, 1.54) is 35.1 Å². The molecule has 6 nitrogen and oxygen atoms in total. The minimum atomic E-state index is -3.44. The van der Waals surface area contributed by atoms with Gasteiger partial charge in [-0.1, -0.05) is 31.0 Å². The van der Waals surface area contributed by atoms with E-state index in [1.54, 1.807) is 12.1 Å². The van der Waals surface area contributed by atoms with Gasteiger partial charge in [-0.25, -0.2) is 13.4 Å². The molecule has 0 atom stereocenters. The fourth-order valence-electron chi connectivity index (χ4n) is 3.34. The molecule has 1 aliphatic heterocycles. The first kappa shape index (κ1) is 18.7. The quantitative estimate of drug-likeness (QED) is 0.763. The Bertz CT molecular complexity index is 680. The van der Waals surface area contributed by atoms with Crippen molar-refractivity contribution in [2.24, 2.45) is 0 Å². The van der Waals surface area contributed by atoms with Crippen LogP contribution in [0, 0.1) is 0 Å². The summed E-state index contributed by atoms with van der Waals surface area (Å²) < 4.78 is 26.7. The van der Waals surface area contributed by atoms with Crippen molar-refractivity contribution < 1.29 is 13.2 Å².